The quantitative estimate of drug-likeness (QED) is 0.833. The summed E-state index contributed by atoms with van der Waals surface area (Å²) in [7, 11) is 1.98. The van der Waals surface area contributed by atoms with Gasteiger partial charge in [-0.2, -0.15) is 4.98 Å². The monoisotopic (exact) mass is 295 g/mol. The molecule has 0 radical (unpaired) electrons. The number of rotatable bonds is 7. The van der Waals surface area contributed by atoms with Crippen molar-refractivity contribution in [1.82, 2.24) is 15.0 Å². The van der Waals surface area contributed by atoms with Crippen LogP contribution in [0.3, 0.4) is 0 Å². The molecule has 0 spiro atoms. The molecule has 0 aliphatic heterocycles. The van der Waals surface area contributed by atoms with Gasteiger partial charge in [0.2, 0.25) is 5.89 Å². The Labute approximate surface area is 125 Å². The molecule has 1 saturated carbocycles. The van der Waals surface area contributed by atoms with Crippen molar-refractivity contribution in [3.8, 4) is 0 Å². The van der Waals surface area contributed by atoms with Gasteiger partial charge in [0.15, 0.2) is 5.82 Å². The topological polar surface area (TPSA) is 79.5 Å². The first-order valence-corrected chi connectivity index (χ1v) is 7.80. The second-order valence-corrected chi connectivity index (χ2v) is 6.07. The van der Waals surface area contributed by atoms with Gasteiger partial charge in [0.05, 0.1) is 13.0 Å². The Balaban J connectivity index is 2.06. The maximum absolute atomic E-state index is 11.2. The van der Waals surface area contributed by atoms with Gasteiger partial charge in [-0.1, -0.05) is 31.3 Å². The standard InChI is InChI=1S/C15H25N3O3/c1-3-7-13-16-12(17-21-13)11-18(2)15(10-14(19)20)8-5-4-6-9-15/h3-11H2,1-2H3,(H,19,20). The highest BCUT2D eigenvalue weighted by Gasteiger charge is 2.38. The van der Waals surface area contributed by atoms with Crippen LogP contribution in [0.2, 0.25) is 0 Å². The molecule has 0 unspecified atom stereocenters. The Morgan fingerprint density at radius 2 is 2.10 bits per heavy atom. The number of carboxylic acids is 1. The largest absolute Gasteiger partial charge is 0.481 e. The fraction of sp³-hybridized carbons (Fsp3) is 0.800. The first-order valence-electron chi connectivity index (χ1n) is 7.80. The van der Waals surface area contributed by atoms with Gasteiger partial charge in [0, 0.05) is 12.0 Å². The zero-order chi connectivity index (χ0) is 15.3. The Kier molecular flexibility index (Phi) is 5.33. The Bertz CT molecular complexity index is 466. The number of aromatic nitrogens is 2. The molecule has 118 valence electrons. The zero-order valence-electron chi connectivity index (χ0n) is 13.0. The summed E-state index contributed by atoms with van der Waals surface area (Å²) < 4.78 is 5.20. The van der Waals surface area contributed by atoms with Crippen LogP contribution in [0.25, 0.3) is 0 Å². The summed E-state index contributed by atoms with van der Waals surface area (Å²) in [5.74, 6) is 0.580. The first-order chi connectivity index (χ1) is 10.1. The number of nitrogens with zero attached hydrogens (tertiary/aromatic N) is 3. The number of aliphatic carboxylic acids is 1. The van der Waals surface area contributed by atoms with Crippen LogP contribution in [0.5, 0.6) is 0 Å². The van der Waals surface area contributed by atoms with Crippen LogP contribution in [0, 0.1) is 0 Å². The van der Waals surface area contributed by atoms with E-state index < -0.39 is 5.97 Å². The second-order valence-electron chi connectivity index (χ2n) is 6.07. The van der Waals surface area contributed by atoms with E-state index in [9.17, 15) is 9.90 Å². The third kappa shape index (κ3) is 4.03. The van der Waals surface area contributed by atoms with E-state index in [1.54, 1.807) is 0 Å². The zero-order valence-corrected chi connectivity index (χ0v) is 13.0. The molecule has 0 amide bonds. The van der Waals surface area contributed by atoms with Crippen LogP contribution in [-0.4, -0.2) is 38.7 Å². The summed E-state index contributed by atoms with van der Waals surface area (Å²) in [5, 5.41) is 13.2. The predicted octanol–water partition coefficient (Wildman–Crippen LogP) is 2.63. The van der Waals surface area contributed by atoms with Gasteiger partial charge in [-0.05, 0) is 26.3 Å². The molecule has 1 aliphatic carbocycles. The minimum absolute atomic E-state index is 0.184. The van der Waals surface area contributed by atoms with Crippen molar-refractivity contribution in [3.05, 3.63) is 11.7 Å². The number of carboxylic acid groups (broad SMARTS) is 1. The molecule has 1 N–H and O–H groups in total. The molecular formula is C15H25N3O3. The fourth-order valence-electron chi connectivity index (χ4n) is 3.23. The highest BCUT2D eigenvalue weighted by Crippen LogP contribution is 2.36. The summed E-state index contributed by atoms with van der Waals surface area (Å²) in [6.07, 6.45) is 7.17. The number of hydrogen-bond donors (Lipinski definition) is 1. The van der Waals surface area contributed by atoms with Crippen LogP contribution >= 0.6 is 0 Å². The summed E-state index contributed by atoms with van der Waals surface area (Å²) in [4.78, 5) is 17.7. The molecule has 0 atom stereocenters. The molecule has 0 aromatic carbocycles. The molecule has 1 aromatic heterocycles. The van der Waals surface area contributed by atoms with Crippen LogP contribution in [0.4, 0.5) is 0 Å². The van der Waals surface area contributed by atoms with E-state index in [2.05, 4.69) is 22.0 Å². The molecule has 1 aliphatic rings. The second kappa shape index (κ2) is 7.02. The third-order valence-electron chi connectivity index (χ3n) is 4.43. The van der Waals surface area contributed by atoms with E-state index in [0.29, 0.717) is 18.3 Å². The van der Waals surface area contributed by atoms with Gasteiger partial charge in [0.1, 0.15) is 0 Å². The minimum atomic E-state index is -0.733. The Morgan fingerprint density at radius 1 is 1.38 bits per heavy atom. The van der Waals surface area contributed by atoms with Crippen LogP contribution in [-0.2, 0) is 17.8 Å². The molecule has 0 saturated heterocycles. The van der Waals surface area contributed by atoms with Crippen LogP contribution in [0.15, 0.2) is 4.52 Å². The SMILES string of the molecule is CCCc1nc(CN(C)C2(CC(=O)O)CCCCC2)no1. The van der Waals surface area contributed by atoms with Crippen LogP contribution in [0.1, 0.15) is 63.6 Å². The van der Waals surface area contributed by atoms with Gasteiger partial charge < -0.3 is 9.63 Å². The number of carbonyl (C=O) groups is 1. The molecule has 0 bridgehead atoms. The van der Waals surface area contributed by atoms with Crippen molar-refractivity contribution < 1.29 is 14.4 Å². The van der Waals surface area contributed by atoms with Gasteiger partial charge in [-0.25, -0.2) is 0 Å². The lowest BCUT2D eigenvalue weighted by Gasteiger charge is -2.43. The maximum Gasteiger partial charge on any atom is 0.305 e. The molecule has 1 fully saturated rings. The van der Waals surface area contributed by atoms with Crippen molar-refractivity contribution >= 4 is 5.97 Å². The molecule has 6 heteroatoms. The third-order valence-corrected chi connectivity index (χ3v) is 4.43. The lowest BCUT2D eigenvalue weighted by Crippen LogP contribution is -2.49. The van der Waals surface area contributed by atoms with Gasteiger partial charge >= 0.3 is 5.97 Å². The lowest BCUT2D eigenvalue weighted by molar-refractivity contribution is -0.141. The highest BCUT2D eigenvalue weighted by atomic mass is 16.5. The van der Waals surface area contributed by atoms with E-state index in [-0.39, 0.29) is 12.0 Å². The predicted molar refractivity (Wildman–Crippen MR) is 77.8 cm³/mol. The highest BCUT2D eigenvalue weighted by molar-refractivity contribution is 5.68. The molecule has 21 heavy (non-hydrogen) atoms. The van der Waals surface area contributed by atoms with Gasteiger partial charge in [-0.15, -0.1) is 0 Å². The average molecular weight is 295 g/mol. The fourth-order valence-corrected chi connectivity index (χ4v) is 3.23. The summed E-state index contributed by atoms with van der Waals surface area (Å²) in [6, 6.07) is 0. The van der Waals surface area contributed by atoms with E-state index in [4.69, 9.17) is 4.52 Å². The molecule has 1 heterocycles. The maximum atomic E-state index is 11.2. The average Bonchev–Trinajstić information content (AvgIpc) is 2.87. The van der Waals surface area contributed by atoms with E-state index in [1.165, 1.54) is 6.42 Å². The van der Waals surface area contributed by atoms with E-state index in [0.717, 1.165) is 38.5 Å². The van der Waals surface area contributed by atoms with Crippen molar-refractivity contribution in [3.63, 3.8) is 0 Å². The van der Waals surface area contributed by atoms with E-state index in [1.807, 2.05) is 7.05 Å². The van der Waals surface area contributed by atoms with Gasteiger partial charge in [0.25, 0.3) is 0 Å². The van der Waals surface area contributed by atoms with Crippen molar-refractivity contribution in [1.29, 1.82) is 0 Å². The summed E-state index contributed by atoms with van der Waals surface area (Å²) >= 11 is 0. The van der Waals surface area contributed by atoms with Crippen molar-refractivity contribution in [2.24, 2.45) is 0 Å². The lowest BCUT2D eigenvalue weighted by atomic mass is 9.78. The van der Waals surface area contributed by atoms with Crippen molar-refractivity contribution in [2.75, 3.05) is 7.05 Å². The normalized spacial score (nSPS) is 18.0. The number of hydrogen-bond acceptors (Lipinski definition) is 5. The first kappa shape index (κ1) is 15.9. The summed E-state index contributed by atoms with van der Waals surface area (Å²) in [5.41, 5.74) is -0.268. The summed E-state index contributed by atoms with van der Waals surface area (Å²) in [6.45, 7) is 2.61. The minimum Gasteiger partial charge on any atom is -0.481 e. The smallest absolute Gasteiger partial charge is 0.305 e. The van der Waals surface area contributed by atoms with E-state index >= 15 is 0 Å². The van der Waals surface area contributed by atoms with Gasteiger partial charge in [-0.3, -0.25) is 9.69 Å². The molecule has 2 rings (SSSR count). The number of aryl methyl sites for hydroxylation is 1. The Hall–Kier alpha value is -1.43. The molecule has 6 nitrogen and oxygen atoms in total. The van der Waals surface area contributed by atoms with Crippen molar-refractivity contribution in [2.45, 2.75) is 70.4 Å². The Morgan fingerprint density at radius 3 is 2.71 bits per heavy atom. The molecule has 1 aromatic rings. The molecular weight excluding hydrogens is 270 g/mol. The van der Waals surface area contributed by atoms with Crippen LogP contribution < -0.4 is 0 Å².